The van der Waals surface area contributed by atoms with Crippen LogP contribution in [0.5, 0.6) is 0 Å². The number of aldehydes is 1. The van der Waals surface area contributed by atoms with Gasteiger partial charge in [-0.05, 0) is 25.3 Å². The van der Waals surface area contributed by atoms with Gasteiger partial charge >= 0.3 is 0 Å². The zero-order chi connectivity index (χ0) is 11.6. The van der Waals surface area contributed by atoms with E-state index in [0.717, 1.165) is 25.5 Å². The van der Waals surface area contributed by atoms with Crippen LogP contribution in [-0.4, -0.2) is 12.1 Å². The van der Waals surface area contributed by atoms with E-state index in [2.05, 4.69) is 0 Å². The normalized spacial score (nSPS) is 10.5. The molecule has 0 amide bonds. The molecule has 0 saturated carbocycles. The lowest BCUT2D eigenvalue weighted by molar-refractivity contribution is -0.107. The van der Waals surface area contributed by atoms with Gasteiger partial charge in [-0.1, -0.05) is 36.4 Å². The third kappa shape index (κ3) is 4.69. The Morgan fingerprint density at radius 3 is 2.44 bits per heavy atom. The van der Waals surface area contributed by atoms with Crippen LogP contribution < -0.4 is 0 Å². The Hall–Kier alpha value is -1.70. The monoisotopic (exact) mass is 216 g/mol. The zero-order valence-corrected chi connectivity index (χ0v) is 9.26. The third-order valence-electron chi connectivity index (χ3n) is 2.27. The predicted molar refractivity (Wildman–Crippen MR) is 64.4 cm³/mol. The Labute approximate surface area is 96.0 Å². The average Bonchev–Trinajstić information content (AvgIpc) is 2.34. The van der Waals surface area contributed by atoms with E-state index in [1.165, 1.54) is 0 Å². The second kappa shape index (κ2) is 7.57. The van der Waals surface area contributed by atoms with Crippen molar-refractivity contribution in [1.29, 1.82) is 0 Å². The largest absolute Gasteiger partial charge is 0.303 e. The smallest absolute Gasteiger partial charge is 0.185 e. The van der Waals surface area contributed by atoms with E-state index in [0.29, 0.717) is 12.0 Å². The van der Waals surface area contributed by atoms with Gasteiger partial charge in [-0.25, -0.2) is 0 Å². The molecule has 2 heteroatoms. The number of carbonyl (C=O) groups excluding carboxylic acids is 2. The highest BCUT2D eigenvalue weighted by Gasteiger charge is 1.98. The van der Waals surface area contributed by atoms with Gasteiger partial charge in [0.15, 0.2) is 5.78 Å². The minimum Gasteiger partial charge on any atom is -0.303 e. The van der Waals surface area contributed by atoms with Crippen molar-refractivity contribution < 1.29 is 9.59 Å². The molecule has 0 heterocycles. The number of hydrogen-bond donors (Lipinski definition) is 0. The number of benzene rings is 1. The SMILES string of the molecule is O=CCCCCC=CC(=O)c1ccccc1. The van der Waals surface area contributed by atoms with Crippen LogP contribution in [0.2, 0.25) is 0 Å². The van der Waals surface area contributed by atoms with Crippen molar-refractivity contribution in [3.05, 3.63) is 48.0 Å². The lowest BCUT2D eigenvalue weighted by atomic mass is 10.1. The first-order chi connectivity index (χ1) is 7.84. The Bertz CT molecular complexity index is 352. The van der Waals surface area contributed by atoms with Crippen LogP contribution >= 0.6 is 0 Å². The van der Waals surface area contributed by atoms with E-state index in [9.17, 15) is 9.59 Å². The first-order valence-electron chi connectivity index (χ1n) is 5.54. The Morgan fingerprint density at radius 1 is 1.06 bits per heavy atom. The molecule has 0 spiro atoms. The van der Waals surface area contributed by atoms with Crippen molar-refractivity contribution in [2.24, 2.45) is 0 Å². The fraction of sp³-hybridized carbons (Fsp3) is 0.286. The molecule has 2 nitrogen and oxygen atoms in total. The summed E-state index contributed by atoms with van der Waals surface area (Å²) in [7, 11) is 0. The van der Waals surface area contributed by atoms with Crippen LogP contribution in [0, 0.1) is 0 Å². The summed E-state index contributed by atoms with van der Waals surface area (Å²) in [4.78, 5) is 21.6. The number of carbonyl (C=O) groups is 2. The van der Waals surface area contributed by atoms with Gasteiger partial charge in [-0.3, -0.25) is 4.79 Å². The van der Waals surface area contributed by atoms with Crippen molar-refractivity contribution in [2.75, 3.05) is 0 Å². The number of hydrogen-bond acceptors (Lipinski definition) is 2. The molecule has 0 aromatic heterocycles. The first kappa shape index (κ1) is 12.4. The molecule has 1 aromatic carbocycles. The van der Waals surface area contributed by atoms with Gasteiger partial charge in [0, 0.05) is 12.0 Å². The van der Waals surface area contributed by atoms with Crippen LogP contribution in [0.3, 0.4) is 0 Å². The summed E-state index contributed by atoms with van der Waals surface area (Å²) in [6.45, 7) is 0. The molecule has 84 valence electrons. The molecular weight excluding hydrogens is 200 g/mol. The topological polar surface area (TPSA) is 34.1 Å². The van der Waals surface area contributed by atoms with Gasteiger partial charge in [0.2, 0.25) is 0 Å². The van der Waals surface area contributed by atoms with E-state index in [4.69, 9.17) is 0 Å². The molecule has 0 N–H and O–H groups in total. The lowest BCUT2D eigenvalue weighted by Crippen LogP contribution is -1.92. The number of allylic oxidation sites excluding steroid dienone is 2. The number of rotatable bonds is 7. The van der Waals surface area contributed by atoms with Crippen molar-refractivity contribution >= 4 is 12.1 Å². The third-order valence-corrected chi connectivity index (χ3v) is 2.27. The quantitative estimate of drug-likeness (QED) is 0.303. The molecule has 1 aromatic rings. The van der Waals surface area contributed by atoms with E-state index >= 15 is 0 Å². The summed E-state index contributed by atoms with van der Waals surface area (Å²) in [5.74, 6) is 0.0380. The molecule has 0 radical (unpaired) electrons. The second-order valence-electron chi connectivity index (χ2n) is 3.58. The molecule has 0 aliphatic carbocycles. The summed E-state index contributed by atoms with van der Waals surface area (Å²) in [6, 6.07) is 9.20. The van der Waals surface area contributed by atoms with Crippen LogP contribution in [-0.2, 0) is 4.79 Å². The Kier molecular flexibility index (Phi) is 5.86. The fourth-order valence-electron chi connectivity index (χ4n) is 1.38. The summed E-state index contributed by atoms with van der Waals surface area (Å²) >= 11 is 0. The summed E-state index contributed by atoms with van der Waals surface area (Å²) in [5.41, 5.74) is 0.714. The summed E-state index contributed by atoms with van der Waals surface area (Å²) < 4.78 is 0. The fourth-order valence-corrected chi connectivity index (χ4v) is 1.38. The summed E-state index contributed by atoms with van der Waals surface area (Å²) in [5, 5.41) is 0. The molecular formula is C14H16O2. The lowest BCUT2D eigenvalue weighted by Gasteiger charge is -1.94. The minimum absolute atomic E-state index is 0.0380. The number of ketones is 1. The van der Waals surface area contributed by atoms with Gasteiger partial charge in [0.05, 0.1) is 0 Å². The molecule has 0 unspecified atom stereocenters. The van der Waals surface area contributed by atoms with Gasteiger partial charge in [-0.15, -0.1) is 0 Å². The van der Waals surface area contributed by atoms with Gasteiger partial charge in [-0.2, -0.15) is 0 Å². The zero-order valence-electron chi connectivity index (χ0n) is 9.26. The average molecular weight is 216 g/mol. The highest BCUT2D eigenvalue weighted by molar-refractivity contribution is 6.04. The molecule has 0 fully saturated rings. The first-order valence-corrected chi connectivity index (χ1v) is 5.54. The molecule has 1 rings (SSSR count). The standard InChI is InChI=1S/C14H16O2/c15-12-8-3-1-2-7-11-14(16)13-9-5-4-6-10-13/h4-7,9-12H,1-3,8H2. The van der Waals surface area contributed by atoms with Crippen molar-refractivity contribution in [2.45, 2.75) is 25.7 Å². The van der Waals surface area contributed by atoms with E-state index in [1.54, 1.807) is 18.2 Å². The maximum absolute atomic E-state index is 11.6. The van der Waals surface area contributed by atoms with Crippen LogP contribution in [0.4, 0.5) is 0 Å². The minimum atomic E-state index is 0.0380. The van der Waals surface area contributed by atoms with Crippen LogP contribution in [0.15, 0.2) is 42.5 Å². The number of unbranched alkanes of at least 4 members (excludes halogenated alkanes) is 3. The van der Waals surface area contributed by atoms with E-state index < -0.39 is 0 Å². The highest BCUT2D eigenvalue weighted by atomic mass is 16.1. The van der Waals surface area contributed by atoms with Crippen molar-refractivity contribution in [1.82, 2.24) is 0 Å². The molecule has 0 aliphatic rings. The van der Waals surface area contributed by atoms with E-state index in [-0.39, 0.29) is 5.78 Å². The van der Waals surface area contributed by atoms with Crippen LogP contribution in [0.1, 0.15) is 36.0 Å². The van der Waals surface area contributed by atoms with E-state index in [1.807, 2.05) is 24.3 Å². The van der Waals surface area contributed by atoms with Crippen molar-refractivity contribution in [3.63, 3.8) is 0 Å². The molecule has 16 heavy (non-hydrogen) atoms. The van der Waals surface area contributed by atoms with Gasteiger partial charge in [0.25, 0.3) is 0 Å². The molecule has 0 aliphatic heterocycles. The Balaban J connectivity index is 2.29. The summed E-state index contributed by atoms with van der Waals surface area (Å²) in [6.07, 6.45) is 7.73. The van der Waals surface area contributed by atoms with Crippen LogP contribution in [0.25, 0.3) is 0 Å². The van der Waals surface area contributed by atoms with Crippen molar-refractivity contribution in [3.8, 4) is 0 Å². The van der Waals surface area contributed by atoms with Gasteiger partial charge < -0.3 is 4.79 Å². The highest BCUT2D eigenvalue weighted by Crippen LogP contribution is 2.03. The predicted octanol–water partition coefficient (Wildman–Crippen LogP) is 3.18. The maximum atomic E-state index is 11.6. The molecule has 0 atom stereocenters. The second-order valence-corrected chi connectivity index (χ2v) is 3.58. The Morgan fingerprint density at radius 2 is 1.75 bits per heavy atom. The maximum Gasteiger partial charge on any atom is 0.185 e. The van der Waals surface area contributed by atoms with Gasteiger partial charge in [0.1, 0.15) is 6.29 Å². The molecule has 0 saturated heterocycles. The molecule has 0 bridgehead atoms.